The van der Waals surface area contributed by atoms with E-state index in [1.54, 1.807) is 0 Å². The van der Waals surface area contributed by atoms with Crippen LogP contribution in [0.3, 0.4) is 0 Å². The molecule has 1 aromatic carbocycles. The third kappa shape index (κ3) is 1.74. The van der Waals surface area contributed by atoms with Crippen molar-refractivity contribution in [2.24, 2.45) is 11.1 Å². The van der Waals surface area contributed by atoms with E-state index in [0.29, 0.717) is 0 Å². The Morgan fingerprint density at radius 2 is 1.81 bits per heavy atom. The molecule has 1 unspecified atom stereocenters. The number of hydrogen-bond donors (Lipinski definition) is 1. The van der Waals surface area contributed by atoms with E-state index < -0.39 is 0 Å². The minimum atomic E-state index is -0.0695. The van der Waals surface area contributed by atoms with Crippen LogP contribution in [-0.4, -0.2) is 0 Å². The summed E-state index contributed by atoms with van der Waals surface area (Å²) in [6.07, 6.45) is 0. The Morgan fingerprint density at radius 1 is 1.19 bits per heavy atom. The van der Waals surface area contributed by atoms with Gasteiger partial charge in [-0.25, -0.2) is 0 Å². The molecule has 0 aliphatic rings. The summed E-state index contributed by atoms with van der Waals surface area (Å²) in [6.45, 7) is 8.46. The van der Waals surface area contributed by atoms with Crippen molar-refractivity contribution in [2.45, 2.75) is 33.7 Å². The van der Waals surface area contributed by atoms with Gasteiger partial charge in [-0.15, -0.1) is 0 Å². The number of hydrogen-bond acceptors (Lipinski definition) is 2. The van der Waals surface area contributed by atoms with Crippen LogP contribution in [0, 0.1) is 12.3 Å². The van der Waals surface area contributed by atoms with Crippen LogP contribution in [0.15, 0.2) is 28.7 Å². The first kappa shape index (κ1) is 11.2. The monoisotopic (exact) mass is 217 g/mol. The molecule has 2 heteroatoms. The molecule has 0 radical (unpaired) electrons. The molecular weight excluding hydrogens is 198 g/mol. The quantitative estimate of drug-likeness (QED) is 0.789. The Labute approximate surface area is 96.4 Å². The summed E-state index contributed by atoms with van der Waals surface area (Å²) in [5.74, 6) is 0.911. The number of furan rings is 1. The molecule has 0 fully saturated rings. The van der Waals surface area contributed by atoms with Gasteiger partial charge in [0.1, 0.15) is 11.3 Å². The number of fused-ring (bicyclic) bond motifs is 1. The second-order valence-corrected chi connectivity index (χ2v) is 5.43. The predicted molar refractivity (Wildman–Crippen MR) is 67.3 cm³/mol. The Balaban J connectivity index is 2.58. The smallest absolute Gasteiger partial charge is 0.134 e. The molecule has 0 saturated heterocycles. The molecule has 0 saturated carbocycles. The fourth-order valence-corrected chi connectivity index (χ4v) is 1.88. The van der Waals surface area contributed by atoms with Gasteiger partial charge >= 0.3 is 0 Å². The van der Waals surface area contributed by atoms with Crippen molar-refractivity contribution in [2.75, 3.05) is 0 Å². The third-order valence-electron chi connectivity index (χ3n) is 3.10. The fraction of sp³-hybridized carbons (Fsp3) is 0.429. The van der Waals surface area contributed by atoms with Gasteiger partial charge in [-0.2, -0.15) is 0 Å². The zero-order valence-electron chi connectivity index (χ0n) is 10.4. The first-order valence-electron chi connectivity index (χ1n) is 5.65. The lowest BCUT2D eigenvalue weighted by atomic mass is 9.85. The molecule has 16 heavy (non-hydrogen) atoms. The van der Waals surface area contributed by atoms with E-state index in [9.17, 15) is 0 Å². The highest BCUT2D eigenvalue weighted by Gasteiger charge is 2.27. The fourth-order valence-electron chi connectivity index (χ4n) is 1.88. The lowest BCUT2D eigenvalue weighted by molar-refractivity contribution is 0.289. The third-order valence-corrected chi connectivity index (χ3v) is 3.10. The van der Waals surface area contributed by atoms with Gasteiger partial charge in [0.15, 0.2) is 0 Å². The van der Waals surface area contributed by atoms with Crippen LogP contribution in [-0.2, 0) is 0 Å². The molecule has 2 nitrogen and oxygen atoms in total. The zero-order chi connectivity index (χ0) is 11.9. The maximum atomic E-state index is 6.24. The van der Waals surface area contributed by atoms with Crippen LogP contribution < -0.4 is 5.73 Å². The van der Waals surface area contributed by atoms with Gasteiger partial charge in [0.25, 0.3) is 0 Å². The number of benzene rings is 1. The summed E-state index contributed by atoms with van der Waals surface area (Å²) >= 11 is 0. The maximum absolute atomic E-state index is 6.24. The summed E-state index contributed by atoms with van der Waals surface area (Å²) in [7, 11) is 0. The van der Waals surface area contributed by atoms with Crippen LogP contribution in [0.1, 0.15) is 38.1 Å². The van der Waals surface area contributed by atoms with Crippen molar-refractivity contribution >= 4 is 11.0 Å². The molecule has 1 heterocycles. The molecular formula is C14H19NO. The van der Waals surface area contributed by atoms with Crippen molar-refractivity contribution in [3.8, 4) is 0 Å². The van der Waals surface area contributed by atoms with Crippen molar-refractivity contribution in [1.29, 1.82) is 0 Å². The summed E-state index contributed by atoms with van der Waals surface area (Å²) in [6, 6.07) is 8.00. The molecule has 2 N–H and O–H groups in total. The summed E-state index contributed by atoms with van der Waals surface area (Å²) in [4.78, 5) is 0. The van der Waals surface area contributed by atoms with Crippen LogP contribution in [0.2, 0.25) is 0 Å². The maximum Gasteiger partial charge on any atom is 0.134 e. The predicted octanol–water partition coefficient (Wildman–Crippen LogP) is 3.79. The van der Waals surface area contributed by atoms with E-state index in [-0.39, 0.29) is 11.5 Å². The van der Waals surface area contributed by atoms with Gasteiger partial charge in [-0.3, -0.25) is 0 Å². The summed E-state index contributed by atoms with van der Waals surface area (Å²) in [5.41, 5.74) is 8.35. The van der Waals surface area contributed by atoms with Crippen molar-refractivity contribution in [3.63, 3.8) is 0 Å². The summed E-state index contributed by atoms with van der Waals surface area (Å²) in [5, 5.41) is 1.16. The SMILES string of the molecule is Cc1c(C(N)C(C)(C)C)oc2ccccc12. The van der Waals surface area contributed by atoms with E-state index in [1.807, 2.05) is 18.2 Å². The lowest BCUT2D eigenvalue weighted by Crippen LogP contribution is -2.26. The van der Waals surface area contributed by atoms with Crippen LogP contribution >= 0.6 is 0 Å². The average molecular weight is 217 g/mol. The first-order chi connectivity index (χ1) is 7.41. The first-order valence-corrected chi connectivity index (χ1v) is 5.65. The molecule has 0 amide bonds. The van der Waals surface area contributed by atoms with Crippen molar-refractivity contribution in [1.82, 2.24) is 0 Å². The molecule has 0 aliphatic carbocycles. The van der Waals surface area contributed by atoms with Gasteiger partial charge in [-0.05, 0) is 24.0 Å². The minimum Gasteiger partial charge on any atom is -0.459 e. The topological polar surface area (TPSA) is 39.2 Å². The Hall–Kier alpha value is -1.28. The Kier molecular flexibility index (Phi) is 2.55. The standard InChI is InChI=1S/C14H19NO/c1-9-10-7-5-6-8-11(10)16-12(9)13(15)14(2,3)4/h5-8,13H,15H2,1-4H3. The van der Waals surface area contributed by atoms with E-state index >= 15 is 0 Å². The number of aryl methyl sites for hydroxylation is 1. The van der Waals surface area contributed by atoms with E-state index in [2.05, 4.69) is 33.8 Å². The molecule has 2 rings (SSSR count). The molecule has 0 spiro atoms. The van der Waals surface area contributed by atoms with E-state index in [0.717, 1.165) is 22.3 Å². The van der Waals surface area contributed by atoms with E-state index in [1.165, 1.54) is 0 Å². The summed E-state index contributed by atoms with van der Waals surface area (Å²) < 4.78 is 5.86. The molecule has 86 valence electrons. The molecule has 0 aliphatic heterocycles. The molecule has 2 aromatic rings. The van der Waals surface area contributed by atoms with Gasteiger partial charge in [-0.1, -0.05) is 39.0 Å². The highest BCUT2D eigenvalue weighted by atomic mass is 16.3. The second-order valence-electron chi connectivity index (χ2n) is 5.43. The van der Waals surface area contributed by atoms with Crippen molar-refractivity contribution < 1.29 is 4.42 Å². The van der Waals surface area contributed by atoms with Gasteiger partial charge < -0.3 is 10.2 Å². The normalized spacial score (nSPS) is 14.3. The number of nitrogens with two attached hydrogens (primary N) is 1. The molecule has 1 atom stereocenters. The number of rotatable bonds is 1. The van der Waals surface area contributed by atoms with Crippen LogP contribution in [0.25, 0.3) is 11.0 Å². The Bertz CT molecular complexity index is 505. The highest BCUT2D eigenvalue weighted by molar-refractivity contribution is 5.82. The largest absolute Gasteiger partial charge is 0.459 e. The minimum absolute atomic E-state index is 0.0125. The average Bonchev–Trinajstić information content (AvgIpc) is 2.54. The lowest BCUT2D eigenvalue weighted by Gasteiger charge is -2.25. The van der Waals surface area contributed by atoms with Gasteiger partial charge in [0.2, 0.25) is 0 Å². The van der Waals surface area contributed by atoms with Crippen molar-refractivity contribution in [3.05, 3.63) is 35.6 Å². The molecule has 1 aromatic heterocycles. The zero-order valence-corrected chi connectivity index (χ0v) is 10.4. The van der Waals surface area contributed by atoms with Gasteiger partial charge in [0.05, 0.1) is 6.04 Å². The second kappa shape index (κ2) is 3.63. The van der Waals surface area contributed by atoms with E-state index in [4.69, 9.17) is 10.2 Å². The molecule has 0 bridgehead atoms. The van der Waals surface area contributed by atoms with Gasteiger partial charge in [0, 0.05) is 5.39 Å². The Morgan fingerprint density at radius 3 is 2.38 bits per heavy atom. The number of para-hydroxylation sites is 1. The highest BCUT2D eigenvalue weighted by Crippen LogP contribution is 2.36. The van der Waals surface area contributed by atoms with Crippen LogP contribution in [0.5, 0.6) is 0 Å². The van der Waals surface area contributed by atoms with Crippen LogP contribution in [0.4, 0.5) is 0 Å².